The number of carbonyl (C=O) groups excluding carboxylic acids is 1. The number of piperidine rings is 1. The van der Waals surface area contributed by atoms with E-state index in [0.717, 1.165) is 45.4 Å². The average molecular weight is 379 g/mol. The third-order valence-electron chi connectivity index (χ3n) is 6.52. The van der Waals surface area contributed by atoms with Crippen molar-refractivity contribution in [1.82, 2.24) is 10.2 Å². The molecule has 4 rings (SSSR count). The van der Waals surface area contributed by atoms with Gasteiger partial charge < -0.3 is 15.0 Å². The van der Waals surface area contributed by atoms with Gasteiger partial charge in [-0.1, -0.05) is 43.2 Å². The van der Waals surface area contributed by atoms with Gasteiger partial charge in [0.05, 0.1) is 18.1 Å². The number of rotatable bonds is 4. The number of hydrogen-bond acceptors (Lipinski definition) is 3. The van der Waals surface area contributed by atoms with Crippen LogP contribution in [0.4, 0.5) is 0 Å². The summed E-state index contributed by atoms with van der Waals surface area (Å²) in [7, 11) is 0. The molecule has 144 valence electrons. The summed E-state index contributed by atoms with van der Waals surface area (Å²) in [5.41, 5.74) is 1.12. The van der Waals surface area contributed by atoms with Gasteiger partial charge in [-0.2, -0.15) is 0 Å². The number of fused-ring (bicyclic) bond motifs is 1. The van der Waals surface area contributed by atoms with E-state index in [-0.39, 0.29) is 23.9 Å². The van der Waals surface area contributed by atoms with Gasteiger partial charge in [-0.3, -0.25) is 4.79 Å². The molecule has 2 saturated heterocycles. The van der Waals surface area contributed by atoms with E-state index in [0.29, 0.717) is 18.4 Å². The van der Waals surface area contributed by atoms with Crippen LogP contribution in [0.15, 0.2) is 30.3 Å². The summed E-state index contributed by atoms with van der Waals surface area (Å²) < 4.78 is 6.08. The lowest BCUT2D eigenvalue weighted by Crippen LogP contribution is -2.52. The summed E-state index contributed by atoms with van der Waals surface area (Å²) in [5, 5.41) is 3.50. The van der Waals surface area contributed by atoms with Gasteiger partial charge in [-0.25, -0.2) is 0 Å². The van der Waals surface area contributed by atoms with Crippen LogP contribution in [0.3, 0.4) is 0 Å². The zero-order valence-electron chi connectivity index (χ0n) is 15.5. The second-order valence-corrected chi connectivity index (χ2v) is 8.02. The Morgan fingerprint density at radius 3 is 2.69 bits per heavy atom. The molecule has 1 amide bonds. The number of hydrogen-bond donors (Lipinski definition) is 1. The molecule has 4 nitrogen and oxygen atoms in total. The van der Waals surface area contributed by atoms with Crippen molar-refractivity contribution < 1.29 is 9.53 Å². The van der Waals surface area contributed by atoms with Crippen LogP contribution in [0, 0.1) is 11.3 Å². The van der Waals surface area contributed by atoms with Crippen LogP contribution in [0.2, 0.25) is 0 Å². The summed E-state index contributed by atoms with van der Waals surface area (Å²) in [5.74, 6) is 0.976. The van der Waals surface area contributed by atoms with Crippen LogP contribution in [0.1, 0.15) is 44.1 Å². The highest BCUT2D eigenvalue weighted by molar-refractivity contribution is 5.85. The molecule has 1 aliphatic carbocycles. The molecule has 1 aromatic rings. The normalized spacial score (nSPS) is 29.1. The second kappa shape index (κ2) is 8.73. The summed E-state index contributed by atoms with van der Waals surface area (Å²) in [6.07, 6.45) is 7.01. The zero-order chi connectivity index (χ0) is 17.1. The van der Waals surface area contributed by atoms with Crippen LogP contribution in [0.25, 0.3) is 0 Å². The van der Waals surface area contributed by atoms with Crippen molar-refractivity contribution in [2.24, 2.45) is 11.3 Å². The maximum absolute atomic E-state index is 13.3. The number of carbonyl (C=O) groups is 1. The molecule has 26 heavy (non-hydrogen) atoms. The van der Waals surface area contributed by atoms with E-state index < -0.39 is 0 Å². The molecular formula is C21H31ClN2O2. The molecule has 0 unspecified atom stereocenters. The van der Waals surface area contributed by atoms with Crippen molar-refractivity contribution in [2.75, 3.05) is 26.2 Å². The molecule has 0 spiro atoms. The molecule has 1 saturated carbocycles. The van der Waals surface area contributed by atoms with Gasteiger partial charge in [0, 0.05) is 19.6 Å². The summed E-state index contributed by atoms with van der Waals surface area (Å²) in [4.78, 5) is 15.4. The SMILES string of the molecule is Cl.O=C(N1CCC(OCc2ccccc2)CC1)[C@@]12CCCC[C@H]1CNC2. The maximum atomic E-state index is 13.3. The Balaban J connectivity index is 0.00000196. The summed E-state index contributed by atoms with van der Waals surface area (Å²) in [6, 6.07) is 10.3. The Hall–Kier alpha value is -1.10. The lowest BCUT2D eigenvalue weighted by atomic mass is 9.67. The van der Waals surface area contributed by atoms with E-state index in [1.54, 1.807) is 0 Å². The van der Waals surface area contributed by atoms with Crippen molar-refractivity contribution in [3.63, 3.8) is 0 Å². The Kier molecular flexibility index (Phi) is 6.60. The third kappa shape index (κ3) is 3.92. The monoisotopic (exact) mass is 378 g/mol. The number of likely N-dealkylation sites (tertiary alicyclic amines) is 1. The molecule has 2 atom stereocenters. The van der Waals surface area contributed by atoms with Crippen molar-refractivity contribution in [2.45, 2.75) is 51.2 Å². The number of nitrogens with zero attached hydrogens (tertiary/aromatic N) is 1. The van der Waals surface area contributed by atoms with Gasteiger partial charge in [0.25, 0.3) is 0 Å². The largest absolute Gasteiger partial charge is 0.373 e. The Bertz CT molecular complexity index is 589. The van der Waals surface area contributed by atoms with Crippen LogP contribution in [-0.2, 0) is 16.1 Å². The first-order valence-electron chi connectivity index (χ1n) is 9.93. The first kappa shape index (κ1) is 19.7. The molecule has 1 aromatic carbocycles. The fraction of sp³-hybridized carbons (Fsp3) is 0.667. The van der Waals surface area contributed by atoms with Gasteiger partial charge in [0.2, 0.25) is 5.91 Å². The predicted molar refractivity (Wildman–Crippen MR) is 105 cm³/mol. The molecule has 3 fully saturated rings. The Morgan fingerprint density at radius 2 is 1.92 bits per heavy atom. The fourth-order valence-corrected chi connectivity index (χ4v) is 5.00. The summed E-state index contributed by atoms with van der Waals surface area (Å²) >= 11 is 0. The zero-order valence-corrected chi connectivity index (χ0v) is 16.3. The number of nitrogens with one attached hydrogen (secondary N) is 1. The number of amides is 1. The molecule has 0 bridgehead atoms. The van der Waals surface area contributed by atoms with Crippen molar-refractivity contribution in [1.29, 1.82) is 0 Å². The highest BCUT2D eigenvalue weighted by Gasteiger charge is 2.51. The Morgan fingerprint density at radius 1 is 1.15 bits per heavy atom. The average Bonchev–Trinajstić information content (AvgIpc) is 3.12. The van der Waals surface area contributed by atoms with Crippen molar-refractivity contribution in [3.05, 3.63) is 35.9 Å². The first-order valence-corrected chi connectivity index (χ1v) is 9.93. The van der Waals surface area contributed by atoms with E-state index in [4.69, 9.17) is 4.74 Å². The standard InChI is InChI=1S/C21H30N2O2.ClH/c24-20(21-11-5-4-8-18(21)14-22-16-21)23-12-9-19(10-13-23)25-15-17-6-2-1-3-7-17;/h1-3,6-7,18-19,22H,4-5,8-16H2;1H/t18-,21+;/m0./s1. The molecule has 1 N–H and O–H groups in total. The van der Waals surface area contributed by atoms with Gasteiger partial charge in [-0.05, 0) is 43.7 Å². The molecule has 0 aromatic heterocycles. The number of benzene rings is 1. The molecule has 2 aliphatic heterocycles. The van der Waals surface area contributed by atoms with Crippen LogP contribution in [-0.4, -0.2) is 43.1 Å². The number of ether oxygens (including phenoxy) is 1. The van der Waals surface area contributed by atoms with Crippen LogP contribution in [0.5, 0.6) is 0 Å². The quantitative estimate of drug-likeness (QED) is 0.873. The smallest absolute Gasteiger partial charge is 0.230 e. The van der Waals surface area contributed by atoms with Gasteiger partial charge in [0.1, 0.15) is 0 Å². The number of halogens is 1. The van der Waals surface area contributed by atoms with E-state index in [2.05, 4.69) is 34.5 Å². The lowest BCUT2D eigenvalue weighted by molar-refractivity contribution is -0.148. The van der Waals surface area contributed by atoms with Gasteiger partial charge in [0.15, 0.2) is 0 Å². The molecule has 0 radical (unpaired) electrons. The molecule has 2 heterocycles. The van der Waals surface area contributed by atoms with E-state index in [1.807, 2.05) is 6.07 Å². The summed E-state index contributed by atoms with van der Waals surface area (Å²) in [6.45, 7) is 4.30. The van der Waals surface area contributed by atoms with Gasteiger partial charge >= 0.3 is 0 Å². The van der Waals surface area contributed by atoms with E-state index >= 15 is 0 Å². The van der Waals surface area contributed by atoms with E-state index in [9.17, 15) is 4.79 Å². The van der Waals surface area contributed by atoms with Crippen LogP contribution < -0.4 is 5.32 Å². The lowest BCUT2D eigenvalue weighted by Gasteiger charge is -2.43. The fourth-order valence-electron chi connectivity index (χ4n) is 5.00. The molecule has 3 aliphatic rings. The minimum atomic E-state index is -0.101. The van der Waals surface area contributed by atoms with Crippen LogP contribution >= 0.6 is 12.4 Å². The van der Waals surface area contributed by atoms with E-state index in [1.165, 1.54) is 24.8 Å². The van der Waals surface area contributed by atoms with Crippen molar-refractivity contribution in [3.8, 4) is 0 Å². The minimum Gasteiger partial charge on any atom is -0.373 e. The predicted octanol–water partition coefficient (Wildman–Crippen LogP) is 3.40. The molecular weight excluding hydrogens is 348 g/mol. The second-order valence-electron chi connectivity index (χ2n) is 8.02. The highest BCUT2D eigenvalue weighted by atomic mass is 35.5. The topological polar surface area (TPSA) is 41.6 Å². The third-order valence-corrected chi connectivity index (χ3v) is 6.52. The minimum absolute atomic E-state index is 0. The Labute approximate surface area is 163 Å². The highest BCUT2D eigenvalue weighted by Crippen LogP contribution is 2.45. The first-order chi connectivity index (χ1) is 12.3. The molecule has 5 heteroatoms. The van der Waals surface area contributed by atoms with Gasteiger partial charge in [-0.15, -0.1) is 12.4 Å². The van der Waals surface area contributed by atoms with Crippen molar-refractivity contribution >= 4 is 18.3 Å². The maximum Gasteiger partial charge on any atom is 0.230 e.